The van der Waals surface area contributed by atoms with Gasteiger partial charge in [0, 0.05) is 63.7 Å². The first kappa shape index (κ1) is 15.5. The topological polar surface area (TPSA) is 53.3 Å². The number of hydrogen-bond acceptors (Lipinski definition) is 6. The summed E-state index contributed by atoms with van der Waals surface area (Å²) in [5.74, 6) is 1.71. The molecule has 2 saturated heterocycles. The Labute approximate surface area is 142 Å². The molecule has 0 atom stereocenters. The Hall–Kier alpha value is -1.99. The van der Waals surface area contributed by atoms with Crippen LogP contribution in [0, 0.1) is 0 Å². The van der Waals surface area contributed by atoms with Crippen molar-refractivity contribution in [2.45, 2.75) is 25.9 Å². The maximum Gasteiger partial charge on any atom is 0.173 e. The van der Waals surface area contributed by atoms with Crippen LogP contribution in [0.4, 0.5) is 5.82 Å². The second kappa shape index (κ2) is 6.49. The van der Waals surface area contributed by atoms with E-state index in [-0.39, 0.29) is 0 Å². The summed E-state index contributed by atoms with van der Waals surface area (Å²) in [6, 6.07) is 3.20. The Morgan fingerprint density at radius 1 is 1.04 bits per heavy atom. The second-order valence-electron chi connectivity index (χ2n) is 6.91. The number of piperazine rings is 1. The van der Waals surface area contributed by atoms with Gasteiger partial charge in [0.05, 0.1) is 12.4 Å². The maximum absolute atomic E-state index is 4.69. The normalized spacial score (nSPS) is 20.5. The minimum Gasteiger partial charge on any atom is -0.352 e. The van der Waals surface area contributed by atoms with Gasteiger partial charge in [-0.2, -0.15) is 5.10 Å². The van der Waals surface area contributed by atoms with Crippen LogP contribution < -0.4 is 4.90 Å². The zero-order valence-corrected chi connectivity index (χ0v) is 14.4. The molecule has 2 aromatic rings. The molecule has 0 amide bonds. The Balaban J connectivity index is 1.34. The molecule has 2 fully saturated rings. The fraction of sp³-hybridized carbons (Fsp3) is 0.588. The first-order chi connectivity index (χ1) is 11.7. The lowest BCUT2D eigenvalue weighted by molar-refractivity contribution is 0.0676. The second-order valence-corrected chi connectivity index (χ2v) is 6.91. The van der Waals surface area contributed by atoms with Crippen LogP contribution in [0.1, 0.15) is 13.8 Å². The third-order valence-electron chi connectivity index (χ3n) is 5.13. The van der Waals surface area contributed by atoms with Gasteiger partial charge in [-0.3, -0.25) is 14.8 Å². The van der Waals surface area contributed by atoms with Gasteiger partial charge in [0.2, 0.25) is 0 Å². The molecule has 24 heavy (non-hydrogen) atoms. The van der Waals surface area contributed by atoms with Gasteiger partial charge in [-0.05, 0) is 19.9 Å². The zero-order valence-electron chi connectivity index (χ0n) is 14.4. The Morgan fingerprint density at radius 2 is 1.79 bits per heavy atom. The van der Waals surface area contributed by atoms with E-state index in [2.05, 4.69) is 43.6 Å². The third-order valence-corrected chi connectivity index (χ3v) is 5.13. The number of aromatic nitrogens is 4. The number of nitrogens with zero attached hydrogens (tertiary/aromatic N) is 7. The lowest BCUT2D eigenvalue weighted by atomic mass is 10.1. The van der Waals surface area contributed by atoms with Crippen LogP contribution in [0.5, 0.6) is 0 Å². The van der Waals surface area contributed by atoms with Crippen LogP contribution in [0.3, 0.4) is 0 Å². The first-order valence-corrected chi connectivity index (χ1v) is 8.76. The molecule has 0 aromatic carbocycles. The van der Waals surface area contributed by atoms with Crippen molar-refractivity contribution in [3.63, 3.8) is 0 Å². The summed E-state index contributed by atoms with van der Waals surface area (Å²) in [4.78, 5) is 16.5. The van der Waals surface area contributed by atoms with Crippen molar-refractivity contribution in [3.8, 4) is 5.82 Å². The van der Waals surface area contributed by atoms with Crippen LogP contribution >= 0.6 is 0 Å². The molecule has 128 valence electrons. The van der Waals surface area contributed by atoms with E-state index in [1.54, 1.807) is 17.1 Å². The fourth-order valence-corrected chi connectivity index (χ4v) is 3.51. The minimum atomic E-state index is 0.648. The van der Waals surface area contributed by atoms with E-state index in [1.807, 2.05) is 18.5 Å². The molecule has 0 spiro atoms. The lowest BCUT2D eigenvalue weighted by Crippen LogP contribution is -2.63. The molecule has 2 aliphatic rings. The molecule has 0 N–H and O–H groups in total. The van der Waals surface area contributed by atoms with Gasteiger partial charge in [-0.25, -0.2) is 9.67 Å². The van der Waals surface area contributed by atoms with Crippen molar-refractivity contribution in [2.75, 3.05) is 44.2 Å². The lowest BCUT2D eigenvalue weighted by Gasteiger charge is -2.49. The highest BCUT2D eigenvalue weighted by Gasteiger charge is 2.34. The van der Waals surface area contributed by atoms with E-state index < -0.39 is 0 Å². The van der Waals surface area contributed by atoms with Crippen molar-refractivity contribution >= 4 is 5.82 Å². The molecule has 2 aliphatic heterocycles. The van der Waals surface area contributed by atoms with Crippen molar-refractivity contribution < 1.29 is 0 Å². The smallest absolute Gasteiger partial charge is 0.173 e. The summed E-state index contributed by atoms with van der Waals surface area (Å²) in [7, 11) is 0. The van der Waals surface area contributed by atoms with E-state index in [0.29, 0.717) is 12.1 Å². The van der Waals surface area contributed by atoms with Crippen molar-refractivity contribution in [3.05, 3.63) is 30.9 Å². The average molecular weight is 327 g/mol. The minimum absolute atomic E-state index is 0.648. The Kier molecular flexibility index (Phi) is 4.20. The number of anilines is 1. The van der Waals surface area contributed by atoms with E-state index in [1.165, 1.54) is 26.2 Å². The SMILES string of the molecule is CC(C)N1CCN(C2CN(c3cncc(-n4cccn4)n3)C2)CC1. The van der Waals surface area contributed by atoms with Gasteiger partial charge in [-0.1, -0.05) is 0 Å². The van der Waals surface area contributed by atoms with Crippen molar-refractivity contribution in [2.24, 2.45) is 0 Å². The summed E-state index contributed by atoms with van der Waals surface area (Å²) in [5.41, 5.74) is 0. The summed E-state index contributed by atoms with van der Waals surface area (Å²) < 4.78 is 1.75. The summed E-state index contributed by atoms with van der Waals surface area (Å²) >= 11 is 0. The molecule has 0 radical (unpaired) electrons. The molecule has 2 aromatic heterocycles. The molecule has 0 bridgehead atoms. The molecule has 0 aliphatic carbocycles. The fourth-order valence-electron chi connectivity index (χ4n) is 3.51. The standard InChI is InChI=1S/C17H25N7/c1-14(2)21-6-8-22(9-7-21)15-12-23(13-15)16-10-18-11-17(20-16)24-5-3-4-19-24/h3-5,10-11,14-15H,6-9,12-13H2,1-2H3. The molecular formula is C17H25N7. The molecule has 4 heterocycles. The summed E-state index contributed by atoms with van der Waals surface area (Å²) in [5, 5.41) is 4.22. The molecule has 4 rings (SSSR count). The van der Waals surface area contributed by atoms with Crippen LogP contribution in [-0.4, -0.2) is 80.9 Å². The highest BCUT2D eigenvalue weighted by Crippen LogP contribution is 2.23. The van der Waals surface area contributed by atoms with Crippen LogP contribution in [0.25, 0.3) is 5.82 Å². The van der Waals surface area contributed by atoms with Gasteiger partial charge < -0.3 is 4.90 Å². The highest BCUT2D eigenvalue weighted by atomic mass is 15.4. The van der Waals surface area contributed by atoms with Crippen LogP contribution in [-0.2, 0) is 0 Å². The Morgan fingerprint density at radius 3 is 2.46 bits per heavy atom. The zero-order chi connectivity index (χ0) is 16.5. The first-order valence-electron chi connectivity index (χ1n) is 8.76. The van der Waals surface area contributed by atoms with Gasteiger partial charge in [0.15, 0.2) is 5.82 Å². The van der Waals surface area contributed by atoms with Crippen molar-refractivity contribution in [1.29, 1.82) is 0 Å². The van der Waals surface area contributed by atoms with Crippen molar-refractivity contribution in [1.82, 2.24) is 29.5 Å². The highest BCUT2D eigenvalue weighted by molar-refractivity contribution is 5.43. The number of hydrogen-bond donors (Lipinski definition) is 0. The van der Waals surface area contributed by atoms with E-state index in [9.17, 15) is 0 Å². The Bertz CT molecular complexity index is 655. The van der Waals surface area contributed by atoms with Gasteiger partial charge >= 0.3 is 0 Å². The van der Waals surface area contributed by atoms with Gasteiger partial charge in [0.1, 0.15) is 5.82 Å². The number of rotatable bonds is 4. The monoisotopic (exact) mass is 327 g/mol. The maximum atomic E-state index is 4.69. The average Bonchev–Trinajstić information content (AvgIpc) is 3.09. The predicted molar refractivity (Wildman–Crippen MR) is 93.4 cm³/mol. The largest absolute Gasteiger partial charge is 0.352 e. The summed E-state index contributed by atoms with van der Waals surface area (Å²) in [6.07, 6.45) is 7.24. The summed E-state index contributed by atoms with van der Waals surface area (Å²) in [6.45, 7) is 11.4. The van der Waals surface area contributed by atoms with E-state index in [4.69, 9.17) is 0 Å². The van der Waals surface area contributed by atoms with Gasteiger partial charge in [0.25, 0.3) is 0 Å². The molecule has 7 nitrogen and oxygen atoms in total. The third kappa shape index (κ3) is 3.01. The van der Waals surface area contributed by atoms with E-state index >= 15 is 0 Å². The van der Waals surface area contributed by atoms with Crippen LogP contribution in [0.2, 0.25) is 0 Å². The predicted octanol–water partition coefficient (Wildman–Crippen LogP) is 0.877. The molecule has 7 heteroatoms. The van der Waals surface area contributed by atoms with Gasteiger partial charge in [-0.15, -0.1) is 0 Å². The van der Waals surface area contributed by atoms with E-state index in [0.717, 1.165) is 24.7 Å². The van der Waals surface area contributed by atoms with Crippen LogP contribution in [0.15, 0.2) is 30.9 Å². The molecule has 0 saturated carbocycles. The quantitative estimate of drug-likeness (QED) is 0.831. The molecular weight excluding hydrogens is 302 g/mol. The molecule has 0 unspecified atom stereocenters.